The first-order valence-electron chi connectivity index (χ1n) is 10.2. The summed E-state index contributed by atoms with van der Waals surface area (Å²) < 4.78 is 2.04. The number of nitrogens with zero attached hydrogens (tertiary/aromatic N) is 2. The summed E-state index contributed by atoms with van der Waals surface area (Å²) in [6.45, 7) is 7.00. The van der Waals surface area contributed by atoms with Gasteiger partial charge in [-0.25, -0.2) is 0 Å². The molecule has 2 aliphatic rings. The molecule has 0 aliphatic heterocycles. The molecule has 2 rings (SSSR count). The molecule has 0 radical (unpaired) electrons. The van der Waals surface area contributed by atoms with Crippen LogP contribution in [0, 0.1) is 17.8 Å². The summed E-state index contributed by atoms with van der Waals surface area (Å²) >= 11 is 0. The van der Waals surface area contributed by atoms with E-state index < -0.39 is 0 Å². The van der Waals surface area contributed by atoms with Crippen LogP contribution < -0.4 is 0 Å². The van der Waals surface area contributed by atoms with Crippen molar-refractivity contribution in [3.63, 3.8) is 0 Å². The Morgan fingerprint density at radius 2 is 1.04 bits per heavy atom. The molecule has 0 spiro atoms. The Morgan fingerprint density at radius 1 is 0.625 bits per heavy atom. The number of likely N-dealkylation sites (N-methyl/N-ethyl adjacent to an activating group) is 1. The summed E-state index contributed by atoms with van der Waals surface area (Å²) in [6, 6.07) is 1.32. The number of rotatable bonds is 2. The van der Waals surface area contributed by atoms with Crippen molar-refractivity contribution in [2.24, 2.45) is 17.8 Å². The summed E-state index contributed by atoms with van der Waals surface area (Å²) in [5.74, 6) is 2.32. The van der Waals surface area contributed by atoms with E-state index >= 15 is 0 Å². The van der Waals surface area contributed by atoms with E-state index in [1.165, 1.54) is 38.5 Å². The van der Waals surface area contributed by atoms with Crippen LogP contribution in [0.2, 0.25) is 0 Å². The number of quaternary nitrogens is 2. The van der Waals surface area contributed by atoms with Crippen molar-refractivity contribution < 1.29 is 14.1 Å². The average Bonchev–Trinajstić information content (AvgIpc) is 2.43. The molecule has 0 aromatic heterocycles. The van der Waals surface area contributed by atoms with Gasteiger partial charge >= 0.3 is 0 Å². The van der Waals surface area contributed by atoms with E-state index in [4.69, 9.17) is 0 Å². The van der Waals surface area contributed by atoms with Gasteiger partial charge in [0.25, 0.3) is 0 Å². The van der Waals surface area contributed by atoms with Gasteiger partial charge in [0.05, 0.1) is 48.3 Å². The highest BCUT2D eigenvalue weighted by molar-refractivity contribution is 4.80. The van der Waals surface area contributed by atoms with Gasteiger partial charge in [-0.3, -0.25) is 0 Å². The fourth-order valence-electron chi connectivity index (χ4n) is 4.86. The largest absolute Gasteiger partial charge is 0.387 e. The zero-order valence-electron chi connectivity index (χ0n) is 18.0. The Balaban J connectivity index is 0.000000240. The topological polar surface area (TPSA) is 20.2 Å². The molecule has 0 aromatic rings. The Kier molecular flexibility index (Phi) is 7.77. The van der Waals surface area contributed by atoms with Gasteiger partial charge in [-0.2, -0.15) is 0 Å². The van der Waals surface area contributed by atoms with Gasteiger partial charge in [-0.05, 0) is 43.9 Å². The maximum absolute atomic E-state index is 9.96. The van der Waals surface area contributed by atoms with E-state index in [-0.39, 0.29) is 6.10 Å². The van der Waals surface area contributed by atoms with Crippen LogP contribution in [-0.4, -0.2) is 74.5 Å². The number of aliphatic hydroxyl groups excluding tert-OH is 1. The molecular weight excluding hydrogens is 296 g/mol. The molecule has 24 heavy (non-hydrogen) atoms. The highest BCUT2D eigenvalue weighted by atomic mass is 16.3. The van der Waals surface area contributed by atoms with Gasteiger partial charge in [0.2, 0.25) is 0 Å². The van der Waals surface area contributed by atoms with E-state index in [0.29, 0.717) is 12.0 Å². The third-order valence-corrected chi connectivity index (χ3v) is 6.79. The summed E-state index contributed by atoms with van der Waals surface area (Å²) in [4.78, 5) is 0. The predicted molar refractivity (Wildman–Crippen MR) is 105 cm³/mol. The predicted octanol–water partition coefficient (Wildman–Crippen LogP) is 3.76. The first kappa shape index (κ1) is 21.9. The zero-order chi connectivity index (χ0) is 18.7. The van der Waals surface area contributed by atoms with Crippen molar-refractivity contribution in [3.05, 3.63) is 0 Å². The molecule has 144 valence electrons. The quantitative estimate of drug-likeness (QED) is 0.758. The SMILES string of the molecule is CC1CCCC([N+](C)(C)C)[C@@H]1C.CC1CCCC([N+](C)(C)C)[C@@H]1O. The van der Waals surface area contributed by atoms with Gasteiger partial charge in [0.15, 0.2) is 0 Å². The molecule has 6 atom stereocenters. The van der Waals surface area contributed by atoms with Crippen LogP contribution in [0.1, 0.15) is 59.3 Å². The van der Waals surface area contributed by atoms with Crippen LogP contribution in [0.25, 0.3) is 0 Å². The van der Waals surface area contributed by atoms with Gasteiger partial charge < -0.3 is 14.1 Å². The van der Waals surface area contributed by atoms with Crippen molar-refractivity contribution in [1.82, 2.24) is 0 Å². The average molecular weight is 343 g/mol. The fourth-order valence-corrected chi connectivity index (χ4v) is 4.86. The van der Waals surface area contributed by atoms with Crippen molar-refractivity contribution in [2.75, 3.05) is 42.3 Å². The third kappa shape index (κ3) is 6.00. The van der Waals surface area contributed by atoms with Crippen molar-refractivity contribution >= 4 is 0 Å². The summed E-state index contributed by atoms with van der Waals surface area (Å²) in [7, 11) is 13.5. The van der Waals surface area contributed by atoms with E-state index in [2.05, 4.69) is 63.1 Å². The Bertz CT molecular complexity index is 333. The Hall–Kier alpha value is -0.120. The van der Waals surface area contributed by atoms with Crippen LogP contribution in [-0.2, 0) is 0 Å². The van der Waals surface area contributed by atoms with Gasteiger partial charge in [0.1, 0.15) is 12.1 Å². The zero-order valence-corrected chi connectivity index (χ0v) is 18.0. The highest BCUT2D eigenvalue weighted by Crippen LogP contribution is 2.33. The molecular formula is C21H46N2O+2. The molecule has 2 fully saturated rings. The van der Waals surface area contributed by atoms with Gasteiger partial charge in [-0.15, -0.1) is 0 Å². The molecule has 0 amide bonds. The minimum Gasteiger partial charge on any atom is -0.387 e. The second-order valence-corrected chi connectivity index (χ2v) is 10.5. The lowest BCUT2D eigenvalue weighted by Gasteiger charge is -2.43. The molecule has 1 N–H and O–H groups in total. The molecule has 2 saturated carbocycles. The maximum Gasteiger partial charge on any atom is 0.115 e. The summed E-state index contributed by atoms with van der Waals surface area (Å²) in [5, 5.41) is 9.96. The molecule has 2 aliphatic carbocycles. The smallest absolute Gasteiger partial charge is 0.115 e. The normalized spacial score (nSPS) is 38.2. The minimum absolute atomic E-state index is 0.0984. The van der Waals surface area contributed by atoms with Crippen LogP contribution in [0.4, 0.5) is 0 Å². The van der Waals surface area contributed by atoms with E-state index in [0.717, 1.165) is 26.8 Å². The Morgan fingerprint density at radius 3 is 1.42 bits per heavy atom. The van der Waals surface area contributed by atoms with Crippen LogP contribution in [0.5, 0.6) is 0 Å². The van der Waals surface area contributed by atoms with Crippen LogP contribution >= 0.6 is 0 Å². The summed E-state index contributed by atoms with van der Waals surface area (Å²) in [5.41, 5.74) is 0. The van der Waals surface area contributed by atoms with Crippen molar-refractivity contribution in [2.45, 2.75) is 77.5 Å². The molecule has 0 bridgehead atoms. The first-order chi connectivity index (χ1) is 10.9. The second-order valence-electron chi connectivity index (χ2n) is 10.5. The van der Waals surface area contributed by atoms with Crippen molar-refractivity contribution in [1.29, 1.82) is 0 Å². The van der Waals surface area contributed by atoms with Gasteiger partial charge in [0, 0.05) is 12.3 Å². The fraction of sp³-hybridized carbons (Fsp3) is 1.00. The van der Waals surface area contributed by atoms with Gasteiger partial charge in [-0.1, -0.05) is 20.8 Å². The first-order valence-corrected chi connectivity index (χ1v) is 10.2. The Labute approximate surface area is 152 Å². The third-order valence-electron chi connectivity index (χ3n) is 6.79. The van der Waals surface area contributed by atoms with Crippen molar-refractivity contribution in [3.8, 4) is 0 Å². The number of hydrogen-bond acceptors (Lipinski definition) is 1. The van der Waals surface area contributed by atoms with Crippen LogP contribution in [0.15, 0.2) is 0 Å². The van der Waals surface area contributed by atoms with Crippen LogP contribution in [0.3, 0.4) is 0 Å². The molecule has 0 aromatic carbocycles. The monoisotopic (exact) mass is 342 g/mol. The second kappa shape index (κ2) is 8.51. The van der Waals surface area contributed by atoms with E-state index in [1.807, 2.05) is 0 Å². The van der Waals surface area contributed by atoms with E-state index in [1.54, 1.807) is 0 Å². The molecule has 4 unspecified atom stereocenters. The minimum atomic E-state index is -0.0984. The molecule has 3 heteroatoms. The van der Waals surface area contributed by atoms with E-state index in [9.17, 15) is 5.11 Å². The molecule has 3 nitrogen and oxygen atoms in total. The summed E-state index contributed by atoms with van der Waals surface area (Å²) in [6.07, 6.45) is 7.85. The number of hydrogen-bond donors (Lipinski definition) is 1. The maximum atomic E-state index is 9.96. The lowest BCUT2D eigenvalue weighted by molar-refractivity contribution is -0.901. The molecule has 0 saturated heterocycles. The number of aliphatic hydroxyl groups is 1. The standard InChI is InChI=1S/C11H24N.C10H22NO/c1-9-7-6-8-11(10(9)2)12(3,4)5;1-8-6-5-7-9(10(8)12)11(2,3)4/h9-11H,6-8H2,1-5H3;8-10,12H,5-7H2,1-4H3/q2*+1/t9?,10-,11?;8?,9?,10-/m11/s1. The molecule has 0 heterocycles. The highest BCUT2D eigenvalue weighted by Gasteiger charge is 2.37. The lowest BCUT2D eigenvalue weighted by atomic mass is 9.77. The lowest BCUT2D eigenvalue weighted by Crippen LogP contribution is -2.55.